The van der Waals surface area contributed by atoms with Crippen LogP contribution in [0.2, 0.25) is 5.02 Å². The molecule has 1 atom stereocenters. The third-order valence-corrected chi connectivity index (χ3v) is 4.15. The molecule has 128 valence electrons. The van der Waals surface area contributed by atoms with E-state index in [4.69, 9.17) is 16.7 Å². The van der Waals surface area contributed by atoms with Crippen molar-refractivity contribution in [2.45, 2.75) is 12.5 Å². The Morgan fingerprint density at radius 3 is 2.56 bits per heavy atom. The Kier molecular flexibility index (Phi) is 4.33. The summed E-state index contributed by atoms with van der Waals surface area (Å²) >= 11 is 6.05. The molecule has 1 unspecified atom stereocenters. The highest BCUT2D eigenvalue weighted by molar-refractivity contribution is 6.33. The first-order valence-corrected chi connectivity index (χ1v) is 7.70. The Morgan fingerprint density at radius 2 is 1.92 bits per heavy atom. The van der Waals surface area contributed by atoms with Crippen molar-refractivity contribution in [3.63, 3.8) is 0 Å². The number of carboxylic acids is 1. The topological polar surface area (TPSA) is 107 Å². The predicted octanol–water partition coefficient (Wildman–Crippen LogP) is 2.49. The molecule has 25 heavy (non-hydrogen) atoms. The molecule has 0 aliphatic carbocycles. The van der Waals surface area contributed by atoms with Crippen molar-refractivity contribution in [3.8, 4) is 5.75 Å². The molecule has 1 aliphatic rings. The molecule has 0 spiro atoms. The van der Waals surface area contributed by atoms with E-state index in [0.717, 1.165) is 17.0 Å². The maximum absolute atomic E-state index is 12.6. The van der Waals surface area contributed by atoms with Gasteiger partial charge in [0.05, 0.1) is 22.8 Å². The van der Waals surface area contributed by atoms with E-state index in [1.807, 2.05) is 0 Å². The molecule has 2 aromatic carbocycles. The van der Waals surface area contributed by atoms with E-state index in [1.54, 1.807) is 24.3 Å². The smallest absolute Gasteiger partial charge is 0.339 e. The van der Waals surface area contributed by atoms with E-state index >= 15 is 0 Å². The Morgan fingerprint density at radius 1 is 1.20 bits per heavy atom. The number of nitrogens with one attached hydrogen (secondary N) is 1. The molecule has 1 heterocycles. The number of rotatable bonds is 4. The summed E-state index contributed by atoms with van der Waals surface area (Å²) in [7, 11) is 0. The maximum Gasteiger partial charge on any atom is 0.339 e. The minimum atomic E-state index is -1.30. The van der Waals surface area contributed by atoms with Gasteiger partial charge in [0.2, 0.25) is 5.91 Å². The molecular weight excluding hydrogens is 348 g/mol. The number of hydrogen-bond acceptors (Lipinski definition) is 5. The first-order chi connectivity index (χ1) is 11.9. The Labute approximate surface area is 147 Å². The fourth-order valence-corrected chi connectivity index (χ4v) is 2.81. The van der Waals surface area contributed by atoms with Gasteiger partial charge in [0.15, 0.2) is 0 Å². The quantitative estimate of drug-likeness (QED) is 0.723. The van der Waals surface area contributed by atoms with Crippen molar-refractivity contribution in [3.05, 3.63) is 53.1 Å². The molecule has 8 heteroatoms. The van der Waals surface area contributed by atoms with Crippen molar-refractivity contribution in [2.75, 3.05) is 10.2 Å². The molecule has 0 saturated carbocycles. The van der Waals surface area contributed by atoms with Crippen LogP contribution in [-0.2, 0) is 9.59 Å². The highest BCUT2D eigenvalue weighted by atomic mass is 35.5. The van der Waals surface area contributed by atoms with Crippen LogP contribution in [0.15, 0.2) is 42.5 Å². The first kappa shape index (κ1) is 16.8. The van der Waals surface area contributed by atoms with Crippen LogP contribution < -0.4 is 10.2 Å². The fourth-order valence-electron chi connectivity index (χ4n) is 2.62. The number of carboxylic acid groups (broad SMARTS) is 1. The van der Waals surface area contributed by atoms with Gasteiger partial charge in [-0.25, -0.2) is 9.69 Å². The molecule has 7 nitrogen and oxygen atoms in total. The third kappa shape index (κ3) is 3.14. The van der Waals surface area contributed by atoms with Gasteiger partial charge in [0, 0.05) is 6.07 Å². The second kappa shape index (κ2) is 6.45. The van der Waals surface area contributed by atoms with Gasteiger partial charge in [-0.15, -0.1) is 0 Å². The zero-order valence-electron chi connectivity index (χ0n) is 12.8. The molecule has 1 fully saturated rings. The van der Waals surface area contributed by atoms with Gasteiger partial charge in [0.1, 0.15) is 17.4 Å². The normalized spacial score (nSPS) is 17.0. The van der Waals surface area contributed by atoms with E-state index in [9.17, 15) is 19.5 Å². The number of aromatic hydroxyl groups is 1. The van der Waals surface area contributed by atoms with Crippen LogP contribution in [0, 0.1) is 0 Å². The summed E-state index contributed by atoms with van der Waals surface area (Å²) in [6, 6.07) is 9.57. The van der Waals surface area contributed by atoms with Crippen LogP contribution in [0.4, 0.5) is 11.4 Å². The van der Waals surface area contributed by atoms with Crippen molar-refractivity contribution in [2.24, 2.45) is 0 Å². The monoisotopic (exact) mass is 360 g/mol. The summed E-state index contributed by atoms with van der Waals surface area (Å²) in [5.74, 6) is -2.79. The van der Waals surface area contributed by atoms with Crippen LogP contribution in [0.25, 0.3) is 0 Å². The number of nitrogens with zero attached hydrogens (tertiary/aromatic N) is 1. The second-order valence-electron chi connectivity index (χ2n) is 5.45. The summed E-state index contributed by atoms with van der Waals surface area (Å²) in [6.07, 6.45) is -0.0779. The summed E-state index contributed by atoms with van der Waals surface area (Å²) in [5.41, 5.74) is 0.329. The van der Waals surface area contributed by atoms with Crippen molar-refractivity contribution >= 4 is 40.8 Å². The largest absolute Gasteiger partial charge is 0.507 e. The van der Waals surface area contributed by atoms with Gasteiger partial charge in [-0.3, -0.25) is 9.59 Å². The Hall–Kier alpha value is -3.06. The van der Waals surface area contributed by atoms with Crippen LogP contribution in [0.1, 0.15) is 16.8 Å². The number of imide groups is 1. The lowest BCUT2D eigenvalue weighted by molar-refractivity contribution is -0.121. The number of carbonyl (C=O) groups excluding carboxylic acids is 2. The van der Waals surface area contributed by atoms with E-state index < -0.39 is 29.6 Å². The molecule has 0 aromatic heterocycles. The lowest BCUT2D eigenvalue weighted by atomic mass is 10.1. The Balaban J connectivity index is 1.86. The van der Waals surface area contributed by atoms with Crippen LogP contribution in [0.3, 0.4) is 0 Å². The van der Waals surface area contributed by atoms with Crippen molar-refractivity contribution in [1.82, 2.24) is 0 Å². The molecule has 3 N–H and O–H groups in total. The second-order valence-corrected chi connectivity index (χ2v) is 5.86. The van der Waals surface area contributed by atoms with E-state index in [1.165, 1.54) is 6.07 Å². The minimum absolute atomic E-state index is 0.0779. The van der Waals surface area contributed by atoms with Gasteiger partial charge >= 0.3 is 5.97 Å². The number of phenols is 1. The number of benzene rings is 2. The Bertz CT molecular complexity index is 883. The SMILES string of the molecule is O=C(O)c1ccc(N2C(=O)CC(Nc3ccccc3Cl)C2=O)cc1O. The number of hydrogen-bond donors (Lipinski definition) is 3. The van der Waals surface area contributed by atoms with Gasteiger partial charge < -0.3 is 15.5 Å². The van der Waals surface area contributed by atoms with Gasteiger partial charge in [-0.1, -0.05) is 23.7 Å². The third-order valence-electron chi connectivity index (χ3n) is 3.82. The average Bonchev–Trinajstić information content (AvgIpc) is 2.83. The molecule has 3 rings (SSSR count). The summed E-state index contributed by atoms with van der Waals surface area (Å²) in [5, 5.41) is 22.1. The van der Waals surface area contributed by atoms with E-state index in [2.05, 4.69) is 5.32 Å². The van der Waals surface area contributed by atoms with Gasteiger partial charge in [-0.2, -0.15) is 0 Å². The fraction of sp³-hybridized carbons (Fsp3) is 0.118. The molecular formula is C17H13ClN2O5. The number of halogens is 1. The van der Waals surface area contributed by atoms with E-state index in [-0.39, 0.29) is 17.7 Å². The lowest BCUT2D eigenvalue weighted by Crippen LogP contribution is -2.34. The summed E-state index contributed by atoms with van der Waals surface area (Å²) in [4.78, 5) is 36.7. The number of carbonyl (C=O) groups is 3. The lowest BCUT2D eigenvalue weighted by Gasteiger charge is -2.17. The molecule has 2 amide bonds. The van der Waals surface area contributed by atoms with E-state index in [0.29, 0.717) is 10.7 Å². The van der Waals surface area contributed by atoms with Crippen LogP contribution in [0.5, 0.6) is 5.75 Å². The molecule has 2 aromatic rings. The number of aromatic carboxylic acids is 1. The average molecular weight is 361 g/mol. The molecule has 0 radical (unpaired) electrons. The van der Waals surface area contributed by atoms with Crippen LogP contribution >= 0.6 is 11.6 Å². The van der Waals surface area contributed by atoms with Crippen LogP contribution in [-0.4, -0.2) is 34.0 Å². The van der Waals surface area contributed by atoms with Gasteiger partial charge in [0.25, 0.3) is 5.91 Å². The molecule has 1 aliphatic heterocycles. The highest BCUT2D eigenvalue weighted by Gasteiger charge is 2.40. The minimum Gasteiger partial charge on any atom is -0.507 e. The van der Waals surface area contributed by atoms with Crippen molar-refractivity contribution in [1.29, 1.82) is 0 Å². The standard InChI is InChI=1S/C17H13ClN2O5/c18-11-3-1-2-4-12(11)19-13-8-15(22)20(16(13)23)9-5-6-10(17(24)25)14(21)7-9/h1-7,13,19,21H,8H2,(H,24,25). The number of amides is 2. The first-order valence-electron chi connectivity index (χ1n) is 7.32. The predicted molar refractivity (Wildman–Crippen MR) is 91.0 cm³/mol. The zero-order valence-corrected chi connectivity index (χ0v) is 13.5. The summed E-state index contributed by atoms with van der Waals surface area (Å²) in [6.45, 7) is 0. The van der Waals surface area contributed by atoms with Crippen molar-refractivity contribution < 1.29 is 24.6 Å². The summed E-state index contributed by atoms with van der Waals surface area (Å²) < 4.78 is 0. The zero-order chi connectivity index (χ0) is 18.1. The maximum atomic E-state index is 12.6. The number of anilines is 2. The molecule has 0 bridgehead atoms. The number of para-hydroxylation sites is 1. The molecule has 1 saturated heterocycles. The highest BCUT2D eigenvalue weighted by Crippen LogP contribution is 2.30. The van der Waals surface area contributed by atoms with Gasteiger partial charge in [-0.05, 0) is 24.3 Å².